The topological polar surface area (TPSA) is 67.9 Å². The molecule has 27 heavy (non-hydrogen) atoms. The molecule has 1 fully saturated rings. The van der Waals surface area contributed by atoms with E-state index in [1.807, 2.05) is 28.6 Å². The normalized spacial score (nSPS) is 15.3. The van der Waals surface area contributed by atoms with Crippen LogP contribution in [0.1, 0.15) is 23.2 Å². The minimum absolute atomic E-state index is 0.243. The number of hydrogen-bond acceptors (Lipinski definition) is 5. The molecular formula is C19H22N2O4S2. The van der Waals surface area contributed by atoms with E-state index in [1.54, 1.807) is 25.3 Å². The predicted octanol–water partition coefficient (Wildman–Crippen LogP) is 3.26. The average Bonchev–Trinajstić information content (AvgIpc) is 3.26. The molecule has 1 N–H and O–H groups in total. The van der Waals surface area contributed by atoms with Crippen LogP contribution in [-0.2, 0) is 11.0 Å². The van der Waals surface area contributed by atoms with Crippen molar-refractivity contribution in [3.05, 3.63) is 48.0 Å². The first-order valence-electron chi connectivity index (χ1n) is 8.58. The van der Waals surface area contributed by atoms with Gasteiger partial charge in [-0.15, -0.1) is 0 Å². The van der Waals surface area contributed by atoms with Gasteiger partial charge >= 0.3 is 0 Å². The first-order valence-corrected chi connectivity index (χ1v) is 10.5. The summed E-state index contributed by atoms with van der Waals surface area (Å²) in [5.74, 6) is 0.823. The van der Waals surface area contributed by atoms with Crippen LogP contribution in [0.25, 0.3) is 0 Å². The van der Waals surface area contributed by atoms with E-state index in [-0.39, 0.29) is 5.91 Å². The third kappa shape index (κ3) is 4.82. The highest BCUT2D eigenvalue weighted by molar-refractivity contribution is 7.98. The van der Waals surface area contributed by atoms with Gasteiger partial charge in [0.15, 0.2) is 11.5 Å². The maximum Gasteiger partial charge on any atom is 0.261 e. The number of nitrogens with zero attached hydrogens (tertiary/aromatic N) is 1. The highest BCUT2D eigenvalue weighted by atomic mass is 32.2. The summed E-state index contributed by atoms with van der Waals surface area (Å²) in [6, 6.07) is 12.4. The Kier molecular flexibility index (Phi) is 6.76. The zero-order valence-corrected chi connectivity index (χ0v) is 16.9. The molecule has 1 saturated heterocycles. The molecule has 6 nitrogen and oxygen atoms in total. The van der Waals surface area contributed by atoms with Gasteiger partial charge in [0.1, 0.15) is 11.0 Å². The lowest BCUT2D eigenvalue weighted by Gasteiger charge is -2.14. The van der Waals surface area contributed by atoms with Gasteiger partial charge in [0.2, 0.25) is 0 Å². The van der Waals surface area contributed by atoms with Crippen LogP contribution in [0, 0.1) is 0 Å². The van der Waals surface area contributed by atoms with Crippen LogP contribution in [0.15, 0.2) is 52.3 Å². The molecule has 1 heterocycles. The molecule has 1 atom stereocenters. The average molecular weight is 407 g/mol. The largest absolute Gasteiger partial charge is 0.493 e. The van der Waals surface area contributed by atoms with Gasteiger partial charge in [-0.3, -0.25) is 9.52 Å². The summed E-state index contributed by atoms with van der Waals surface area (Å²) in [5, 5.41) is 0. The third-order valence-electron chi connectivity index (χ3n) is 4.21. The molecule has 1 aliphatic heterocycles. The second-order valence-electron chi connectivity index (χ2n) is 5.96. The fraction of sp³-hybridized carbons (Fsp3) is 0.316. The minimum atomic E-state index is -1.15. The Morgan fingerprint density at radius 2 is 1.81 bits per heavy atom. The maximum absolute atomic E-state index is 12.6. The molecule has 144 valence electrons. The molecule has 8 heteroatoms. The first-order chi connectivity index (χ1) is 13.1. The minimum Gasteiger partial charge on any atom is -0.493 e. The second kappa shape index (κ2) is 9.25. The fourth-order valence-corrected chi connectivity index (χ4v) is 4.84. The van der Waals surface area contributed by atoms with Gasteiger partial charge in [0, 0.05) is 23.5 Å². The van der Waals surface area contributed by atoms with Crippen molar-refractivity contribution in [2.75, 3.05) is 27.3 Å². The maximum atomic E-state index is 12.6. The number of rotatable bonds is 7. The van der Waals surface area contributed by atoms with Crippen molar-refractivity contribution in [1.82, 2.24) is 9.03 Å². The van der Waals surface area contributed by atoms with Gasteiger partial charge in [-0.1, -0.05) is 6.07 Å². The summed E-state index contributed by atoms with van der Waals surface area (Å²) < 4.78 is 27.8. The van der Waals surface area contributed by atoms with Gasteiger partial charge in [-0.25, -0.2) is 8.51 Å². The highest BCUT2D eigenvalue weighted by Gasteiger charge is 2.19. The molecule has 0 radical (unpaired) electrons. The Labute approximate surface area is 166 Å². The summed E-state index contributed by atoms with van der Waals surface area (Å²) >= 11 is 1.20. The molecule has 3 rings (SSSR count). The lowest BCUT2D eigenvalue weighted by Crippen LogP contribution is -2.22. The summed E-state index contributed by atoms with van der Waals surface area (Å²) in [4.78, 5) is 14.0. The number of amides is 1. The van der Waals surface area contributed by atoms with Crippen LogP contribution in [0.4, 0.5) is 0 Å². The van der Waals surface area contributed by atoms with Crippen molar-refractivity contribution in [3.8, 4) is 11.5 Å². The molecule has 1 unspecified atom stereocenters. The number of benzene rings is 2. The van der Waals surface area contributed by atoms with E-state index in [0.717, 1.165) is 35.7 Å². The van der Waals surface area contributed by atoms with Crippen molar-refractivity contribution in [3.63, 3.8) is 0 Å². The van der Waals surface area contributed by atoms with Crippen LogP contribution >= 0.6 is 11.9 Å². The van der Waals surface area contributed by atoms with Crippen LogP contribution < -0.4 is 14.2 Å². The van der Waals surface area contributed by atoms with Crippen molar-refractivity contribution in [1.29, 1.82) is 0 Å². The molecule has 1 amide bonds. The lowest BCUT2D eigenvalue weighted by atomic mass is 10.2. The third-order valence-corrected chi connectivity index (χ3v) is 6.48. The van der Waals surface area contributed by atoms with Crippen molar-refractivity contribution in [2.24, 2.45) is 0 Å². The van der Waals surface area contributed by atoms with Crippen molar-refractivity contribution >= 4 is 28.8 Å². The zero-order valence-electron chi connectivity index (χ0n) is 15.3. The Morgan fingerprint density at radius 1 is 1.07 bits per heavy atom. The predicted molar refractivity (Wildman–Crippen MR) is 107 cm³/mol. The number of ether oxygens (including phenoxy) is 2. The molecule has 0 bridgehead atoms. The smallest absolute Gasteiger partial charge is 0.261 e. The van der Waals surface area contributed by atoms with Gasteiger partial charge < -0.3 is 9.47 Å². The van der Waals surface area contributed by atoms with Gasteiger partial charge in [-0.2, -0.15) is 0 Å². The summed E-state index contributed by atoms with van der Waals surface area (Å²) in [5.41, 5.74) is 0.469. The van der Waals surface area contributed by atoms with Crippen LogP contribution in [0.3, 0.4) is 0 Å². The SMILES string of the molecule is COc1ccc(C(=O)NSc2cccc(S(=O)N3CCCC3)c2)cc1OC. The Bertz CT molecular complexity index is 838. The van der Waals surface area contributed by atoms with E-state index < -0.39 is 11.0 Å². The van der Waals surface area contributed by atoms with Crippen molar-refractivity contribution in [2.45, 2.75) is 22.6 Å². The van der Waals surface area contributed by atoms with Crippen LogP contribution in [0.2, 0.25) is 0 Å². The van der Waals surface area contributed by atoms with E-state index in [1.165, 1.54) is 19.1 Å². The molecule has 0 aliphatic carbocycles. The first kappa shape index (κ1) is 19.7. The lowest BCUT2D eigenvalue weighted by molar-refractivity contribution is 0.0984. The van der Waals surface area contributed by atoms with E-state index >= 15 is 0 Å². The van der Waals surface area contributed by atoms with E-state index in [9.17, 15) is 9.00 Å². The standard InChI is InChI=1S/C19H22N2O4S2/c1-24-17-9-8-14(12-18(17)25-2)19(22)20-26-15-6-5-7-16(13-15)27(23)21-10-3-4-11-21/h5-9,12-13H,3-4,10-11H2,1-2H3,(H,20,22). The van der Waals surface area contributed by atoms with Gasteiger partial charge in [0.25, 0.3) is 5.91 Å². The molecule has 0 aromatic heterocycles. The number of carbonyl (C=O) groups excluding carboxylic acids is 1. The quantitative estimate of drug-likeness (QED) is 0.715. The fourth-order valence-electron chi connectivity index (χ4n) is 2.79. The Morgan fingerprint density at radius 3 is 2.52 bits per heavy atom. The molecule has 1 aliphatic rings. The summed E-state index contributed by atoms with van der Waals surface area (Å²) in [6.45, 7) is 1.72. The number of carbonyl (C=O) groups is 1. The highest BCUT2D eigenvalue weighted by Crippen LogP contribution is 2.28. The Balaban J connectivity index is 1.65. The summed E-state index contributed by atoms with van der Waals surface area (Å²) in [6.07, 6.45) is 2.17. The summed E-state index contributed by atoms with van der Waals surface area (Å²) in [7, 11) is 1.93. The van der Waals surface area contributed by atoms with E-state index in [0.29, 0.717) is 17.1 Å². The van der Waals surface area contributed by atoms with Gasteiger partial charge in [-0.05, 0) is 61.2 Å². The second-order valence-corrected chi connectivity index (χ2v) is 8.33. The van der Waals surface area contributed by atoms with Crippen LogP contribution in [-0.4, -0.2) is 41.7 Å². The number of methoxy groups -OCH3 is 2. The molecule has 2 aromatic rings. The Hall–Kier alpha value is -2.03. The van der Waals surface area contributed by atoms with Gasteiger partial charge in [0.05, 0.1) is 19.1 Å². The monoisotopic (exact) mass is 406 g/mol. The van der Waals surface area contributed by atoms with E-state index in [2.05, 4.69) is 4.72 Å². The molecule has 2 aromatic carbocycles. The molecule has 0 saturated carbocycles. The molecule has 0 spiro atoms. The van der Waals surface area contributed by atoms with Crippen molar-refractivity contribution < 1.29 is 18.5 Å². The van der Waals surface area contributed by atoms with Crippen LogP contribution in [0.5, 0.6) is 11.5 Å². The number of nitrogens with one attached hydrogen (secondary N) is 1. The molecular weight excluding hydrogens is 384 g/mol. The van der Waals surface area contributed by atoms with E-state index in [4.69, 9.17) is 9.47 Å². The number of hydrogen-bond donors (Lipinski definition) is 1. The zero-order chi connectivity index (χ0) is 19.2.